The molecule has 0 aliphatic heterocycles. The van der Waals surface area contributed by atoms with Crippen LogP contribution >= 0.6 is 15.9 Å². The molecule has 0 atom stereocenters. The molecule has 0 spiro atoms. The van der Waals surface area contributed by atoms with E-state index in [1.807, 2.05) is 48.5 Å². The maximum Gasteiger partial charge on any atom is 0.260 e. The zero-order valence-corrected chi connectivity index (χ0v) is 15.6. The number of likely N-dealkylation sites (N-methyl/N-ethyl adjacent to an activating group) is 1. The topological polar surface area (TPSA) is 38.8 Å². The largest absolute Gasteiger partial charge is 0.494 e. The standard InChI is InChI=1S/C19H22BrNO3/c1-3-12-23-17-8-10-18(11-9-17)24-14-19(22)21(2)13-15-4-6-16(20)7-5-15/h4-11H,3,12-14H2,1-2H3. The number of benzene rings is 2. The Morgan fingerprint density at radius 2 is 1.58 bits per heavy atom. The molecule has 1 amide bonds. The minimum absolute atomic E-state index is 0.0161. The Hall–Kier alpha value is -2.01. The zero-order chi connectivity index (χ0) is 17.4. The SMILES string of the molecule is CCCOc1ccc(OCC(=O)N(C)Cc2ccc(Br)cc2)cc1. The van der Waals surface area contributed by atoms with Gasteiger partial charge in [0.15, 0.2) is 6.61 Å². The first kappa shape index (κ1) is 18.3. The number of amides is 1. The van der Waals surface area contributed by atoms with E-state index in [0.29, 0.717) is 18.9 Å². The second kappa shape index (κ2) is 9.33. The Kier molecular flexibility index (Phi) is 7.12. The fourth-order valence-electron chi connectivity index (χ4n) is 2.06. The van der Waals surface area contributed by atoms with Gasteiger partial charge in [-0.05, 0) is 48.4 Å². The number of hydrogen-bond acceptors (Lipinski definition) is 3. The van der Waals surface area contributed by atoms with Crippen molar-refractivity contribution >= 4 is 21.8 Å². The van der Waals surface area contributed by atoms with Crippen molar-refractivity contribution in [1.82, 2.24) is 4.90 Å². The van der Waals surface area contributed by atoms with Gasteiger partial charge in [0.2, 0.25) is 0 Å². The summed E-state index contributed by atoms with van der Waals surface area (Å²) >= 11 is 3.40. The van der Waals surface area contributed by atoms with Gasteiger partial charge in [-0.3, -0.25) is 4.79 Å². The molecule has 0 radical (unpaired) electrons. The van der Waals surface area contributed by atoms with Crippen molar-refractivity contribution in [2.24, 2.45) is 0 Å². The fraction of sp³-hybridized carbons (Fsp3) is 0.316. The average molecular weight is 392 g/mol. The van der Waals surface area contributed by atoms with E-state index in [1.54, 1.807) is 11.9 Å². The molecule has 0 aliphatic rings. The van der Waals surface area contributed by atoms with Gasteiger partial charge in [-0.1, -0.05) is 35.0 Å². The number of ether oxygens (including phenoxy) is 2. The summed E-state index contributed by atoms with van der Waals surface area (Å²) in [5.74, 6) is 1.40. The summed E-state index contributed by atoms with van der Waals surface area (Å²) in [6, 6.07) is 15.2. The summed E-state index contributed by atoms with van der Waals surface area (Å²) in [7, 11) is 1.77. The molecule has 0 fully saturated rings. The summed E-state index contributed by atoms with van der Waals surface area (Å²) in [5, 5.41) is 0. The average Bonchev–Trinajstić information content (AvgIpc) is 2.60. The molecule has 128 valence electrons. The van der Waals surface area contributed by atoms with Crippen molar-refractivity contribution in [1.29, 1.82) is 0 Å². The molecular weight excluding hydrogens is 370 g/mol. The lowest BCUT2D eigenvalue weighted by atomic mass is 10.2. The predicted molar refractivity (Wildman–Crippen MR) is 98.3 cm³/mol. The monoisotopic (exact) mass is 391 g/mol. The third-order valence-corrected chi connectivity index (χ3v) is 3.95. The number of carbonyl (C=O) groups excluding carboxylic acids is 1. The van der Waals surface area contributed by atoms with Gasteiger partial charge in [0.05, 0.1) is 6.61 Å². The van der Waals surface area contributed by atoms with E-state index < -0.39 is 0 Å². The normalized spacial score (nSPS) is 10.3. The van der Waals surface area contributed by atoms with Crippen LogP contribution in [0.5, 0.6) is 11.5 Å². The molecule has 0 unspecified atom stereocenters. The molecule has 0 saturated carbocycles. The van der Waals surface area contributed by atoms with Crippen LogP contribution < -0.4 is 9.47 Å². The molecule has 2 aromatic rings. The molecule has 0 N–H and O–H groups in total. The first-order valence-corrected chi connectivity index (χ1v) is 8.72. The van der Waals surface area contributed by atoms with Crippen LogP contribution in [0.3, 0.4) is 0 Å². The Morgan fingerprint density at radius 1 is 1.00 bits per heavy atom. The molecule has 5 heteroatoms. The molecule has 0 saturated heterocycles. The fourth-order valence-corrected chi connectivity index (χ4v) is 2.32. The Bertz CT molecular complexity index is 641. The smallest absolute Gasteiger partial charge is 0.260 e. The molecule has 0 bridgehead atoms. The van der Waals surface area contributed by atoms with E-state index in [1.165, 1.54) is 0 Å². The van der Waals surface area contributed by atoms with Crippen molar-refractivity contribution < 1.29 is 14.3 Å². The third kappa shape index (κ3) is 5.89. The Morgan fingerprint density at radius 3 is 2.17 bits per heavy atom. The highest BCUT2D eigenvalue weighted by molar-refractivity contribution is 9.10. The summed E-state index contributed by atoms with van der Waals surface area (Å²) in [6.07, 6.45) is 0.970. The van der Waals surface area contributed by atoms with E-state index in [0.717, 1.165) is 22.2 Å². The van der Waals surface area contributed by atoms with Crippen molar-refractivity contribution in [3.8, 4) is 11.5 Å². The van der Waals surface area contributed by atoms with Gasteiger partial charge >= 0.3 is 0 Å². The highest BCUT2D eigenvalue weighted by Crippen LogP contribution is 2.18. The number of halogens is 1. The van der Waals surface area contributed by atoms with E-state index in [9.17, 15) is 4.79 Å². The maximum absolute atomic E-state index is 12.2. The molecular formula is C19H22BrNO3. The number of rotatable bonds is 8. The Labute approximate surface area is 151 Å². The molecule has 0 heterocycles. The van der Waals surface area contributed by atoms with Gasteiger partial charge in [-0.2, -0.15) is 0 Å². The first-order valence-electron chi connectivity index (χ1n) is 7.92. The van der Waals surface area contributed by atoms with Crippen LogP contribution in [0, 0.1) is 0 Å². The summed E-state index contributed by atoms with van der Waals surface area (Å²) in [6.45, 7) is 3.33. The molecule has 2 aromatic carbocycles. The number of nitrogens with zero attached hydrogens (tertiary/aromatic N) is 1. The predicted octanol–water partition coefficient (Wildman–Crippen LogP) is 4.28. The van der Waals surface area contributed by atoms with Crippen LogP contribution in [-0.2, 0) is 11.3 Å². The van der Waals surface area contributed by atoms with Crippen LogP contribution in [0.25, 0.3) is 0 Å². The summed E-state index contributed by atoms with van der Waals surface area (Å²) in [5.41, 5.74) is 1.08. The van der Waals surface area contributed by atoms with Crippen molar-refractivity contribution in [3.63, 3.8) is 0 Å². The minimum Gasteiger partial charge on any atom is -0.494 e. The molecule has 0 aromatic heterocycles. The Balaban J connectivity index is 1.80. The quantitative estimate of drug-likeness (QED) is 0.673. The van der Waals surface area contributed by atoms with Gasteiger partial charge < -0.3 is 14.4 Å². The minimum atomic E-state index is -0.0655. The van der Waals surface area contributed by atoms with E-state index in [2.05, 4.69) is 22.9 Å². The van der Waals surface area contributed by atoms with Gasteiger partial charge in [0.1, 0.15) is 11.5 Å². The van der Waals surface area contributed by atoms with E-state index in [4.69, 9.17) is 9.47 Å². The highest BCUT2D eigenvalue weighted by Gasteiger charge is 2.10. The van der Waals surface area contributed by atoms with Crippen LogP contribution in [0.4, 0.5) is 0 Å². The lowest BCUT2D eigenvalue weighted by Gasteiger charge is -2.17. The van der Waals surface area contributed by atoms with Crippen molar-refractivity contribution in [2.45, 2.75) is 19.9 Å². The summed E-state index contributed by atoms with van der Waals surface area (Å²) in [4.78, 5) is 13.8. The third-order valence-electron chi connectivity index (χ3n) is 3.42. The van der Waals surface area contributed by atoms with Gasteiger partial charge in [-0.15, -0.1) is 0 Å². The van der Waals surface area contributed by atoms with E-state index >= 15 is 0 Å². The van der Waals surface area contributed by atoms with Crippen LogP contribution in [0.2, 0.25) is 0 Å². The molecule has 0 aliphatic carbocycles. The zero-order valence-electron chi connectivity index (χ0n) is 14.0. The highest BCUT2D eigenvalue weighted by atomic mass is 79.9. The molecule has 24 heavy (non-hydrogen) atoms. The van der Waals surface area contributed by atoms with Crippen LogP contribution in [0.15, 0.2) is 53.0 Å². The number of hydrogen-bond donors (Lipinski definition) is 0. The van der Waals surface area contributed by atoms with Gasteiger partial charge in [0, 0.05) is 18.1 Å². The van der Waals surface area contributed by atoms with Gasteiger partial charge in [0.25, 0.3) is 5.91 Å². The number of carbonyl (C=O) groups is 1. The maximum atomic E-state index is 12.2. The van der Waals surface area contributed by atoms with Gasteiger partial charge in [-0.25, -0.2) is 0 Å². The van der Waals surface area contributed by atoms with Crippen molar-refractivity contribution in [3.05, 3.63) is 58.6 Å². The molecule has 2 rings (SSSR count). The summed E-state index contributed by atoms with van der Waals surface area (Å²) < 4.78 is 12.1. The lowest BCUT2D eigenvalue weighted by Crippen LogP contribution is -2.30. The van der Waals surface area contributed by atoms with Crippen LogP contribution in [-0.4, -0.2) is 31.1 Å². The second-order valence-corrected chi connectivity index (χ2v) is 6.40. The van der Waals surface area contributed by atoms with Crippen molar-refractivity contribution in [2.75, 3.05) is 20.3 Å². The molecule has 4 nitrogen and oxygen atoms in total. The first-order chi connectivity index (χ1) is 11.6. The van der Waals surface area contributed by atoms with E-state index in [-0.39, 0.29) is 12.5 Å². The van der Waals surface area contributed by atoms with Crippen LogP contribution in [0.1, 0.15) is 18.9 Å². The lowest BCUT2D eigenvalue weighted by molar-refractivity contribution is -0.132. The second-order valence-electron chi connectivity index (χ2n) is 5.48.